The molecule has 0 unspecified atom stereocenters. The van der Waals surface area contributed by atoms with Crippen LogP contribution < -0.4 is 9.47 Å². The molecule has 4 rings (SSSR count). The number of rotatable bonds is 7. The van der Waals surface area contributed by atoms with Crippen LogP contribution >= 0.6 is 46.6 Å². The van der Waals surface area contributed by atoms with Crippen molar-refractivity contribution in [2.75, 3.05) is 7.11 Å². The van der Waals surface area contributed by atoms with Gasteiger partial charge in [0, 0.05) is 31.8 Å². The van der Waals surface area contributed by atoms with E-state index in [1.165, 1.54) is 7.11 Å². The molecule has 1 aliphatic heterocycles. The molecule has 0 spiro atoms. The predicted octanol–water partition coefficient (Wildman–Crippen LogP) is 7.47. The number of hydrogen-bond donors (Lipinski definition) is 0. The van der Waals surface area contributed by atoms with Gasteiger partial charge in [0.1, 0.15) is 6.61 Å². The SMILES string of the molecule is COc1cccc(/C=C2\SC(=O)N(Cc3c(Cl)cccc3Cl)C2=O)c1OCc1ccccc1Cl. The first-order valence-corrected chi connectivity index (χ1v) is 12.1. The molecule has 0 saturated carbocycles. The highest BCUT2D eigenvalue weighted by Crippen LogP contribution is 2.39. The van der Waals surface area contributed by atoms with E-state index in [9.17, 15) is 9.59 Å². The van der Waals surface area contributed by atoms with Crippen molar-refractivity contribution in [3.8, 4) is 11.5 Å². The number of hydrogen-bond acceptors (Lipinski definition) is 5. The summed E-state index contributed by atoms with van der Waals surface area (Å²) in [5, 5.41) is 0.948. The fourth-order valence-electron chi connectivity index (χ4n) is 3.35. The Hall–Kier alpha value is -2.64. The van der Waals surface area contributed by atoms with Gasteiger partial charge in [0.25, 0.3) is 11.1 Å². The number of halogens is 3. The zero-order valence-corrected chi connectivity index (χ0v) is 21.0. The van der Waals surface area contributed by atoms with Crippen molar-refractivity contribution in [3.05, 3.63) is 97.3 Å². The lowest BCUT2D eigenvalue weighted by Gasteiger charge is -2.15. The van der Waals surface area contributed by atoms with Gasteiger partial charge in [-0.05, 0) is 42.1 Å². The topological polar surface area (TPSA) is 55.8 Å². The average molecular weight is 535 g/mol. The molecule has 0 atom stereocenters. The second-order valence-corrected chi connectivity index (χ2v) is 9.44. The molecular formula is C25H18Cl3NO4S. The van der Waals surface area contributed by atoms with E-state index in [4.69, 9.17) is 44.3 Å². The molecule has 1 heterocycles. The third-order valence-corrected chi connectivity index (χ3v) is 7.08. The van der Waals surface area contributed by atoms with E-state index in [2.05, 4.69) is 0 Å². The summed E-state index contributed by atoms with van der Waals surface area (Å²) < 4.78 is 11.5. The number of nitrogens with zero attached hydrogens (tertiary/aromatic N) is 1. The number of benzene rings is 3. The molecule has 3 aromatic carbocycles. The molecule has 0 bridgehead atoms. The van der Waals surface area contributed by atoms with Crippen LogP contribution in [0.25, 0.3) is 6.08 Å². The van der Waals surface area contributed by atoms with Crippen molar-refractivity contribution in [3.63, 3.8) is 0 Å². The lowest BCUT2D eigenvalue weighted by atomic mass is 10.1. The Morgan fingerprint density at radius 3 is 2.29 bits per heavy atom. The Balaban J connectivity index is 1.62. The number of thioether (sulfide) groups is 1. The summed E-state index contributed by atoms with van der Waals surface area (Å²) >= 11 is 19.5. The fourth-order valence-corrected chi connectivity index (χ4v) is 4.88. The molecule has 2 amide bonds. The first-order valence-electron chi connectivity index (χ1n) is 10.1. The van der Waals surface area contributed by atoms with Gasteiger partial charge in [-0.25, -0.2) is 0 Å². The standard InChI is InChI=1S/C25H18Cl3NO4S/c1-32-21-11-4-7-15(23(21)33-14-16-6-2-3-8-18(16)26)12-22-24(30)29(25(31)34-22)13-17-19(27)9-5-10-20(17)28/h2-12H,13-14H2,1H3/b22-12-. The van der Waals surface area contributed by atoms with Crippen LogP contribution in [0, 0.1) is 0 Å². The van der Waals surface area contributed by atoms with E-state index in [1.54, 1.807) is 48.5 Å². The van der Waals surface area contributed by atoms with Crippen LogP contribution in [0.15, 0.2) is 65.6 Å². The van der Waals surface area contributed by atoms with Gasteiger partial charge in [-0.3, -0.25) is 14.5 Å². The Morgan fingerprint density at radius 2 is 1.59 bits per heavy atom. The minimum absolute atomic E-state index is 0.0194. The molecule has 9 heteroatoms. The van der Waals surface area contributed by atoms with Crippen molar-refractivity contribution in [2.45, 2.75) is 13.2 Å². The van der Waals surface area contributed by atoms with Gasteiger partial charge < -0.3 is 9.47 Å². The van der Waals surface area contributed by atoms with Crippen molar-refractivity contribution < 1.29 is 19.1 Å². The van der Waals surface area contributed by atoms with E-state index >= 15 is 0 Å². The van der Waals surface area contributed by atoms with Crippen molar-refractivity contribution in [1.82, 2.24) is 4.90 Å². The van der Waals surface area contributed by atoms with Gasteiger partial charge in [-0.2, -0.15) is 0 Å². The third-order valence-electron chi connectivity index (χ3n) is 5.10. The monoisotopic (exact) mass is 533 g/mol. The summed E-state index contributed by atoms with van der Waals surface area (Å²) in [4.78, 5) is 27.1. The third kappa shape index (κ3) is 5.20. The Bertz CT molecular complexity index is 1270. The molecule has 1 saturated heterocycles. The molecule has 174 valence electrons. The average Bonchev–Trinajstić information content (AvgIpc) is 3.08. The quantitative estimate of drug-likeness (QED) is 0.294. The molecular weight excluding hydrogens is 517 g/mol. The maximum atomic E-state index is 13.1. The predicted molar refractivity (Wildman–Crippen MR) is 137 cm³/mol. The molecule has 0 aromatic heterocycles. The second-order valence-electron chi connectivity index (χ2n) is 7.23. The maximum Gasteiger partial charge on any atom is 0.293 e. The zero-order chi connectivity index (χ0) is 24.2. The Kier molecular flexibility index (Phi) is 7.73. The number of amides is 2. The van der Waals surface area contributed by atoms with Crippen LogP contribution in [0.5, 0.6) is 11.5 Å². The maximum absolute atomic E-state index is 13.1. The normalized spacial score (nSPS) is 14.7. The summed E-state index contributed by atoms with van der Waals surface area (Å²) in [6.45, 7) is 0.182. The highest BCUT2D eigenvalue weighted by Gasteiger charge is 2.36. The van der Waals surface area contributed by atoms with Gasteiger partial charge in [0.05, 0.1) is 18.6 Å². The summed E-state index contributed by atoms with van der Waals surface area (Å²) in [5.74, 6) is 0.486. The number of para-hydroxylation sites is 1. The summed E-state index contributed by atoms with van der Waals surface area (Å²) in [6.07, 6.45) is 1.61. The molecule has 1 aliphatic rings. The molecule has 5 nitrogen and oxygen atoms in total. The fraction of sp³-hybridized carbons (Fsp3) is 0.120. The minimum atomic E-state index is -0.439. The van der Waals surface area contributed by atoms with Crippen LogP contribution in [-0.2, 0) is 17.9 Å². The van der Waals surface area contributed by atoms with Crippen molar-refractivity contribution in [2.24, 2.45) is 0 Å². The number of carbonyl (C=O) groups is 2. The van der Waals surface area contributed by atoms with E-state index in [1.807, 2.05) is 18.2 Å². The minimum Gasteiger partial charge on any atom is -0.493 e. The Labute approximate surface area is 216 Å². The van der Waals surface area contributed by atoms with Gasteiger partial charge in [0.2, 0.25) is 0 Å². The van der Waals surface area contributed by atoms with E-state index in [0.29, 0.717) is 37.7 Å². The zero-order valence-electron chi connectivity index (χ0n) is 17.9. The van der Waals surface area contributed by atoms with Gasteiger partial charge >= 0.3 is 0 Å². The van der Waals surface area contributed by atoms with Crippen LogP contribution in [0.3, 0.4) is 0 Å². The molecule has 0 aliphatic carbocycles. The number of ether oxygens (including phenoxy) is 2. The van der Waals surface area contributed by atoms with Crippen LogP contribution in [0.1, 0.15) is 16.7 Å². The molecule has 1 fully saturated rings. The summed E-state index contributed by atoms with van der Waals surface area (Å²) in [7, 11) is 1.53. The lowest BCUT2D eigenvalue weighted by Crippen LogP contribution is -2.27. The molecule has 3 aromatic rings. The lowest BCUT2D eigenvalue weighted by molar-refractivity contribution is -0.123. The van der Waals surface area contributed by atoms with Gasteiger partial charge in [-0.15, -0.1) is 0 Å². The first-order chi connectivity index (χ1) is 16.4. The van der Waals surface area contributed by atoms with E-state index in [0.717, 1.165) is 22.2 Å². The first kappa shape index (κ1) is 24.5. The highest BCUT2D eigenvalue weighted by molar-refractivity contribution is 8.18. The summed E-state index contributed by atoms with van der Waals surface area (Å²) in [5.41, 5.74) is 1.91. The van der Waals surface area contributed by atoms with Crippen LogP contribution in [0.4, 0.5) is 4.79 Å². The number of carbonyl (C=O) groups excluding carboxylic acids is 2. The van der Waals surface area contributed by atoms with Crippen LogP contribution in [0.2, 0.25) is 15.1 Å². The largest absolute Gasteiger partial charge is 0.493 e. The number of methoxy groups -OCH3 is 1. The van der Waals surface area contributed by atoms with Crippen LogP contribution in [-0.4, -0.2) is 23.2 Å². The van der Waals surface area contributed by atoms with Crippen molar-refractivity contribution >= 4 is 63.8 Å². The van der Waals surface area contributed by atoms with Gasteiger partial charge in [0.15, 0.2) is 11.5 Å². The second kappa shape index (κ2) is 10.7. The van der Waals surface area contributed by atoms with E-state index in [-0.39, 0.29) is 18.1 Å². The van der Waals surface area contributed by atoms with E-state index < -0.39 is 11.1 Å². The number of imide groups is 1. The molecule has 0 radical (unpaired) electrons. The highest BCUT2D eigenvalue weighted by atomic mass is 35.5. The Morgan fingerprint density at radius 1 is 0.912 bits per heavy atom. The molecule has 0 N–H and O–H groups in total. The smallest absolute Gasteiger partial charge is 0.293 e. The van der Waals surface area contributed by atoms with Gasteiger partial charge in [-0.1, -0.05) is 71.2 Å². The summed E-state index contributed by atoms with van der Waals surface area (Å²) in [6, 6.07) is 17.7. The van der Waals surface area contributed by atoms with Crippen molar-refractivity contribution in [1.29, 1.82) is 0 Å². The molecule has 34 heavy (non-hydrogen) atoms.